The number of aryl methyl sites for hydroxylation is 3. The Morgan fingerprint density at radius 3 is 2.33 bits per heavy atom. The molecule has 0 aliphatic carbocycles. The van der Waals surface area contributed by atoms with E-state index in [0.717, 1.165) is 17.1 Å². The second kappa shape index (κ2) is 5.63. The summed E-state index contributed by atoms with van der Waals surface area (Å²) in [4.78, 5) is 5.87. The lowest BCUT2D eigenvalue weighted by atomic mass is 10.0. The summed E-state index contributed by atoms with van der Waals surface area (Å²) in [6, 6.07) is 9.13. The number of nitrogens with one attached hydrogen (secondary N) is 1. The third-order valence-corrected chi connectivity index (χ3v) is 4.35. The first-order valence-electron chi connectivity index (χ1n) is 6.27. The molecule has 0 spiro atoms. The van der Waals surface area contributed by atoms with Crippen molar-refractivity contribution in [3.8, 4) is 0 Å². The van der Waals surface area contributed by atoms with Gasteiger partial charge in [0.05, 0.1) is 10.7 Å². The average molecular weight is 260 g/mol. The van der Waals surface area contributed by atoms with Crippen LogP contribution in [-0.4, -0.2) is 12.0 Å². The first-order valence-corrected chi connectivity index (χ1v) is 7.08. The predicted molar refractivity (Wildman–Crippen MR) is 78.3 cm³/mol. The summed E-state index contributed by atoms with van der Waals surface area (Å²) in [5, 5.41) is 4.55. The molecule has 2 rings (SSSR count). The SMILES string of the molecule is CNC(Cc1ccc(C)cc1)c1sc(C)nc1C. The molecule has 2 nitrogen and oxygen atoms in total. The maximum absolute atomic E-state index is 4.51. The first kappa shape index (κ1) is 13.2. The van der Waals surface area contributed by atoms with Crippen molar-refractivity contribution in [1.82, 2.24) is 10.3 Å². The summed E-state index contributed by atoms with van der Waals surface area (Å²) in [6.07, 6.45) is 1.01. The molecule has 1 heterocycles. The number of likely N-dealkylation sites (N-methyl/N-ethyl adjacent to an activating group) is 1. The van der Waals surface area contributed by atoms with Crippen molar-refractivity contribution < 1.29 is 0 Å². The number of aromatic nitrogens is 1. The largest absolute Gasteiger partial charge is 0.312 e. The van der Waals surface area contributed by atoms with E-state index in [1.165, 1.54) is 16.0 Å². The van der Waals surface area contributed by atoms with Crippen molar-refractivity contribution in [2.45, 2.75) is 33.2 Å². The highest BCUT2D eigenvalue weighted by Gasteiger charge is 2.16. The highest BCUT2D eigenvalue weighted by Crippen LogP contribution is 2.27. The molecule has 0 bridgehead atoms. The smallest absolute Gasteiger partial charge is 0.0900 e. The van der Waals surface area contributed by atoms with Crippen LogP contribution in [0.25, 0.3) is 0 Å². The Balaban J connectivity index is 2.19. The topological polar surface area (TPSA) is 24.9 Å². The van der Waals surface area contributed by atoms with Crippen LogP contribution in [0.15, 0.2) is 24.3 Å². The number of hydrogen-bond donors (Lipinski definition) is 1. The molecule has 3 heteroatoms. The van der Waals surface area contributed by atoms with E-state index < -0.39 is 0 Å². The van der Waals surface area contributed by atoms with Crippen molar-refractivity contribution in [2.75, 3.05) is 7.05 Å². The van der Waals surface area contributed by atoms with Crippen molar-refractivity contribution in [1.29, 1.82) is 0 Å². The third-order valence-electron chi connectivity index (χ3n) is 3.16. The number of hydrogen-bond acceptors (Lipinski definition) is 3. The molecule has 96 valence electrons. The molecule has 1 unspecified atom stereocenters. The van der Waals surface area contributed by atoms with Crippen molar-refractivity contribution in [3.05, 3.63) is 51.0 Å². The molecule has 0 saturated heterocycles. The molecule has 0 aliphatic heterocycles. The normalized spacial score (nSPS) is 12.7. The minimum Gasteiger partial charge on any atom is -0.312 e. The average Bonchev–Trinajstić information content (AvgIpc) is 2.68. The molecule has 1 atom stereocenters. The molecule has 1 N–H and O–H groups in total. The van der Waals surface area contributed by atoms with E-state index in [4.69, 9.17) is 0 Å². The minimum atomic E-state index is 0.360. The molecule has 18 heavy (non-hydrogen) atoms. The van der Waals surface area contributed by atoms with Gasteiger partial charge >= 0.3 is 0 Å². The zero-order chi connectivity index (χ0) is 13.1. The summed E-state index contributed by atoms with van der Waals surface area (Å²) in [6.45, 7) is 6.29. The molecule has 0 saturated carbocycles. The van der Waals surface area contributed by atoms with Gasteiger partial charge in [-0.25, -0.2) is 4.98 Å². The lowest BCUT2D eigenvalue weighted by molar-refractivity contribution is 0.597. The van der Waals surface area contributed by atoms with Gasteiger partial charge in [0, 0.05) is 10.9 Å². The quantitative estimate of drug-likeness (QED) is 0.909. The standard InChI is InChI=1S/C15H20N2S/c1-10-5-7-13(8-6-10)9-14(16-4)15-11(2)17-12(3)18-15/h5-8,14,16H,9H2,1-4H3. The van der Waals surface area contributed by atoms with Crippen LogP contribution in [0.2, 0.25) is 0 Å². The number of benzene rings is 1. The van der Waals surface area contributed by atoms with Crippen molar-refractivity contribution >= 4 is 11.3 Å². The van der Waals surface area contributed by atoms with E-state index in [1.54, 1.807) is 11.3 Å². The van der Waals surface area contributed by atoms with Crippen LogP contribution >= 0.6 is 11.3 Å². The van der Waals surface area contributed by atoms with Crippen LogP contribution in [0.3, 0.4) is 0 Å². The van der Waals surface area contributed by atoms with Gasteiger partial charge in [-0.3, -0.25) is 0 Å². The van der Waals surface area contributed by atoms with Gasteiger partial charge in [0.15, 0.2) is 0 Å². The second-order valence-electron chi connectivity index (χ2n) is 4.71. The summed E-state index contributed by atoms with van der Waals surface area (Å²) in [5.74, 6) is 0. The molecular formula is C15H20N2S. The van der Waals surface area contributed by atoms with Crippen molar-refractivity contribution in [3.63, 3.8) is 0 Å². The van der Waals surface area contributed by atoms with Gasteiger partial charge in [0.25, 0.3) is 0 Å². The maximum Gasteiger partial charge on any atom is 0.0900 e. The van der Waals surface area contributed by atoms with Gasteiger partial charge in [-0.15, -0.1) is 11.3 Å². The van der Waals surface area contributed by atoms with Gasteiger partial charge in [0.1, 0.15) is 0 Å². The number of nitrogens with zero attached hydrogens (tertiary/aromatic N) is 1. The van der Waals surface area contributed by atoms with Crippen molar-refractivity contribution in [2.24, 2.45) is 0 Å². The van der Waals surface area contributed by atoms with Crippen LogP contribution in [0.1, 0.15) is 32.7 Å². The fraction of sp³-hybridized carbons (Fsp3) is 0.400. The molecule has 0 amide bonds. The summed E-state index contributed by atoms with van der Waals surface area (Å²) in [5.41, 5.74) is 3.83. The Labute approximate surface area is 113 Å². The first-order chi connectivity index (χ1) is 8.60. The molecular weight excluding hydrogens is 240 g/mol. The Hall–Kier alpha value is -1.19. The van der Waals surface area contributed by atoms with Crippen LogP contribution in [0, 0.1) is 20.8 Å². The Kier molecular flexibility index (Phi) is 4.15. The van der Waals surface area contributed by atoms with E-state index in [0.29, 0.717) is 6.04 Å². The summed E-state index contributed by atoms with van der Waals surface area (Å²) in [7, 11) is 2.02. The fourth-order valence-electron chi connectivity index (χ4n) is 2.16. The third kappa shape index (κ3) is 2.98. The highest BCUT2D eigenvalue weighted by atomic mass is 32.1. The Morgan fingerprint density at radius 1 is 1.17 bits per heavy atom. The number of thiazole rings is 1. The zero-order valence-corrected chi connectivity index (χ0v) is 12.3. The van der Waals surface area contributed by atoms with Crippen LogP contribution in [-0.2, 0) is 6.42 Å². The van der Waals surface area contributed by atoms with Crippen LogP contribution in [0.5, 0.6) is 0 Å². The monoisotopic (exact) mass is 260 g/mol. The maximum atomic E-state index is 4.51. The predicted octanol–water partition coefficient (Wildman–Crippen LogP) is 3.57. The molecule has 0 aliphatic rings. The molecule has 1 aromatic carbocycles. The van der Waals surface area contributed by atoms with Crippen LogP contribution < -0.4 is 5.32 Å². The summed E-state index contributed by atoms with van der Waals surface area (Å²) < 4.78 is 0. The van der Waals surface area contributed by atoms with E-state index in [-0.39, 0.29) is 0 Å². The molecule has 0 radical (unpaired) electrons. The van der Waals surface area contributed by atoms with E-state index in [2.05, 4.69) is 55.3 Å². The fourth-order valence-corrected chi connectivity index (χ4v) is 3.19. The number of rotatable bonds is 4. The lowest BCUT2D eigenvalue weighted by Crippen LogP contribution is -2.18. The Morgan fingerprint density at radius 2 is 1.83 bits per heavy atom. The van der Waals surface area contributed by atoms with Gasteiger partial charge in [-0.2, -0.15) is 0 Å². The molecule has 0 fully saturated rings. The lowest BCUT2D eigenvalue weighted by Gasteiger charge is -2.15. The van der Waals surface area contributed by atoms with Crippen LogP contribution in [0.4, 0.5) is 0 Å². The van der Waals surface area contributed by atoms with E-state index >= 15 is 0 Å². The Bertz CT molecular complexity index is 514. The molecule has 2 aromatic rings. The van der Waals surface area contributed by atoms with Gasteiger partial charge < -0.3 is 5.32 Å². The van der Waals surface area contributed by atoms with E-state index in [9.17, 15) is 0 Å². The van der Waals surface area contributed by atoms with E-state index in [1.807, 2.05) is 7.05 Å². The summed E-state index contributed by atoms with van der Waals surface area (Å²) >= 11 is 1.80. The zero-order valence-electron chi connectivity index (χ0n) is 11.4. The molecule has 1 aromatic heterocycles. The van der Waals surface area contributed by atoms with Gasteiger partial charge in [-0.05, 0) is 39.8 Å². The van der Waals surface area contributed by atoms with Gasteiger partial charge in [0.2, 0.25) is 0 Å². The minimum absolute atomic E-state index is 0.360. The second-order valence-corrected chi connectivity index (χ2v) is 5.95. The highest BCUT2D eigenvalue weighted by molar-refractivity contribution is 7.11. The van der Waals surface area contributed by atoms with Gasteiger partial charge in [-0.1, -0.05) is 29.8 Å².